The summed E-state index contributed by atoms with van der Waals surface area (Å²) in [7, 11) is 0. The van der Waals surface area contributed by atoms with Gasteiger partial charge in [-0.15, -0.1) is 0 Å². The number of benzene rings is 5. The molecular weight excluding hydrogens is 1650 g/mol. The molecule has 6 aromatic rings. The maximum atomic E-state index is 13.6. The lowest BCUT2D eigenvalue weighted by atomic mass is 9.78. The number of H-pyrrole nitrogens is 1. The molecule has 0 aliphatic carbocycles. The van der Waals surface area contributed by atoms with Gasteiger partial charge in [0.1, 0.15) is 34.7 Å². The average molecular weight is 1780 g/mol. The fraction of sp³-hybridized carbons (Fsp3) is 0.594. The smallest absolute Gasteiger partial charge is 0.341 e. The van der Waals surface area contributed by atoms with Crippen LogP contribution in [0.5, 0.6) is 0 Å². The molecule has 22 nitrogen and oxygen atoms in total. The highest BCUT2D eigenvalue weighted by Crippen LogP contribution is 2.42. The van der Waals surface area contributed by atoms with E-state index in [0.717, 1.165) is 160 Å². The van der Waals surface area contributed by atoms with Crippen LogP contribution < -0.4 is 15.1 Å². The second-order valence-electron chi connectivity index (χ2n) is 36.8. The number of fused-ring (bicyclic) bond motifs is 1. The molecule has 0 radical (unpaired) electrons. The zero-order valence-electron chi connectivity index (χ0n) is 74.8. The number of nitro groups is 1. The summed E-state index contributed by atoms with van der Waals surface area (Å²) in [6.07, 6.45) is 13.9. The predicted octanol–water partition coefficient (Wildman–Crippen LogP) is 19.4. The van der Waals surface area contributed by atoms with Crippen molar-refractivity contribution in [2.24, 2.45) is 0 Å². The number of nitro benzene ring substituents is 1. The second kappa shape index (κ2) is 44.0. The molecule has 24 heteroatoms. The van der Waals surface area contributed by atoms with Crippen molar-refractivity contribution < 1.29 is 52.6 Å². The van der Waals surface area contributed by atoms with Gasteiger partial charge >= 0.3 is 17.9 Å². The molecule has 6 aliphatic rings. The van der Waals surface area contributed by atoms with E-state index >= 15 is 0 Å². The summed E-state index contributed by atoms with van der Waals surface area (Å²) < 4.78 is 28.5. The van der Waals surface area contributed by atoms with Gasteiger partial charge in [-0.25, -0.2) is 14.5 Å². The number of carbonyl (C=O) groups excluding carboxylic acids is 5. The summed E-state index contributed by atoms with van der Waals surface area (Å²) in [6, 6.07) is 30.9. The molecule has 0 atom stereocenters. The molecule has 120 heavy (non-hydrogen) atoms. The molecule has 0 saturated carbocycles. The number of carbonyl (C=O) groups is 5. The molecular formula is C96H134ClIN10O12. The van der Waals surface area contributed by atoms with E-state index in [0.29, 0.717) is 23.3 Å². The van der Waals surface area contributed by atoms with Gasteiger partial charge in [-0.05, 0) is 273 Å². The van der Waals surface area contributed by atoms with Crippen LogP contribution in [0.15, 0.2) is 91.0 Å². The van der Waals surface area contributed by atoms with Gasteiger partial charge in [-0.2, -0.15) is 0 Å². The zero-order chi connectivity index (χ0) is 88.1. The monoisotopic (exact) mass is 1780 g/mol. The normalized spacial score (nSPS) is 17.2. The number of anilines is 2. The molecule has 6 fully saturated rings. The van der Waals surface area contributed by atoms with Crippen LogP contribution in [0.4, 0.5) is 28.4 Å². The molecule has 0 unspecified atom stereocenters. The van der Waals surface area contributed by atoms with Gasteiger partial charge in [0.2, 0.25) is 0 Å². The standard InChI is InChI=1S/C35H46N4O2.C27H42N2O4.C18H25IO3.C9H18N2O.C7H3ClN2O2/c1-8-24-12-13-25(22-30(24)39-20-16-27(17-21-39)38-18-10-9-11-19-38)35(5,6)32-31(33(40)41-34(2,3)4)28-15-14-26(36-7)23-29(28)37-32;1-7-20-8-9-21(27(5,6)24(30)19-25(31)33-26(2,3)4)18-23(20)29-12-10-22(11-13-29)28-14-16-32-17-15-28;1-7-12-8-9-13(10-14(12)19)18(5,6)15(20)11-16(21)22-17(2,3)4;1-3-10-4-2-9(1)11-5-7-12-8-6-11;1-9-5-2-3-6(8)7(4-5)10(11)12/h12-15,22-23,27,37H,8-11,16-21H2,1-6H3;8-9,18,22H,7,10-17,19H2,1-6H3;8-10H,7,11H2,1-6H3;9-10H,1-8H2;2-4H. The number of nitrogens with zero attached hydrogens (tertiary/aromatic N) is 8. The molecule has 0 bridgehead atoms. The number of morpholine rings is 2. The quantitative estimate of drug-likeness (QED) is 0.0138. The number of rotatable bonds is 20. The van der Waals surface area contributed by atoms with Gasteiger partial charge in [0.15, 0.2) is 22.9 Å². The third kappa shape index (κ3) is 27.6. The Morgan fingerprint density at radius 1 is 0.517 bits per heavy atom. The molecule has 5 aromatic carbocycles. The van der Waals surface area contributed by atoms with Gasteiger partial charge in [-0.1, -0.05) is 107 Å². The number of esters is 3. The van der Waals surface area contributed by atoms with Crippen LogP contribution in [-0.2, 0) is 78.4 Å². The number of likely N-dealkylation sites (tertiary alicyclic amines) is 1. The van der Waals surface area contributed by atoms with Crippen LogP contribution in [0, 0.1) is 26.8 Å². The van der Waals surface area contributed by atoms with Crippen LogP contribution in [0.1, 0.15) is 245 Å². The van der Waals surface area contributed by atoms with Crippen LogP contribution in [0.25, 0.3) is 20.6 Å². The number of aromatic nitrogens is 1. The minimum absolute atomic E-state index is 0.0485. The lowest BCUT2D eigenvalue weighted by Gasteiger charge is -2.41. The van der Waals surface area contributed by atoms with E-state index in [9.17, 15) is 34.1 Å². The third-order valence-electron chi connectivity index (χ3n) is 23.7. The number of halogens is 2. The van der Waals surface area contributed by atoms with Crippen LogP contribution in [0.3, 0.4) is 0 Å². The maximum Gasteiger partial charge on any atom is 0.341 e. The Labute approximate surface area is 733 Å². The molecule has 1 aromatic heterocycles. The molecule has 0 amide bonds. The highest BCUT2D eigenvalue weighted by molar-refractivity contribution is 14.1. The van der Waals surface area contributed by atoms with E-state index in [-0.39, 0.29) is 46.8 Å². The van der Waals surface area contributed by atoms with Gasteiger partial charge in [0.05, 0.1) is 50.1 Å². The van der Waals surface area contributed by atoms with Gasteiger partial charge in [0, 0.05) is 124 Å². The van der Waals surface area contributed by atoms with E-state index in [1.54, 1.807) is 26.8 Å². The van der Waals surface area contributed by atoms with E-state index in [4.69, 9.17) is 48.4 Å². The van der Waals surface area contributed by atoms with Gasteiger partial charge in [-0.3, -0.25) is 39.1 Å². The summed E-state index contributed by atoms with van der Waals surface area (Å²) in [4.78, 5) is 96.3. The number of hydrogen-bond donors (Lipinski definition) is 2. The van der Waals surface area contributed by atoms with E-state index in [1.807, 2.05) is 93.5 Å². The van der Waals surface area contributed by atoms with Crippen molar-refractivity contribution in [3.63, 3.8) is 0 Å². The molecule has 6 saturated heterocycles. The molecule has 12 rings (SSSR count). The SMILES string of the molecule is C1CC(N2CCOCC2)CCN1.CCc1ccc(C(C)(C)C(=O)CC(=O)OC(C)(C)C)cc1I.CCc1ccc(C(C)(C)C(=O)CC(=O)OC(C)(C)C)cc1N1CCC(N2CCOCC2)CC1.[C-]#[N+]c1ccc(Cl)c([N+](=O)[O-])c1.[C-]#[N+]c1ccc2c(C(=O)OC(C)(C)C)c(C(C)(C)c3ccc(CC)c(N4CCC(N5CCCCC5)CC4)c3)[nH]c2c1. The number of piperidine rings is 4. The maximum absolute atomic E-state index is 13.6. The molecule has 2 N–H and O–H groups in total. The Balaban J connectivity index is 0.000000201. The second-order valence-corrected chi connectivity index (χ2v) is 38.4. The van der Waals surface area contributed by atoms with E-state index in [2.05, 4.69) is 144 Å². The predicted molar refractivity (Wildman–Crippen MR) is 490 cm³/mol. The first-order chi connectivity index (χ1) is 56.6. The number of ether oxygens (including phenoxy) is 5. The largest absolute Gasteiger partial charge is 0.460 e. The number of ketones is 2. The Morgan fingerprint density at radius 3 is 1.36 bits per heavy atom. The van der Waals surface area contributed by atoms with Crippen LogP contribution >= 0.6 is 34.2 Å². The number of aromatic amines is 1. The van der Waals surface area contributed by atoms with Gasteiger partial charge < -0.3 is 48.7 Å². The summed E-state index contributed by atoms with van der Waals surface area (Å²) in [5.41, 5.74) is 8.47. The van der Waals surface area contributed by atoms with Crippen LogP contribution in [0.2, 0.25) is 5.02 Å². The highest BCUT2D eigenvalue weighted by Gasteiger charge is 2.39. The van der Waals surface area contributed by atoms with Crippen molar-refractivity contribution in [2.45, 2.75) is 266 Å². The molecule has 0 spiro atoms. The first-order valence-electron chi connectivity index (χ1n) is 43.3. The van der Waals surface area contributed by atoms with Gasteiger partial charge in [0.25, 0.3) is 5.69 Å². The van der Waals surface area contributed by atoms with Crippen molar-refractivity contribution in [1.29, 1.82) is 0 Å². The Kier molecular flexibility index (Phi) is 35.8. The molecule has 654 valence electrons. The number of hydrogen-bond acceptors (Lipinski definition) is 18. The van der Waals surface area contributed by atoms with Crippen molar-refractivity contribution in [1.82, 2.24) is 25.0 Å². The first-order valence-corrected chi connectivity index (χ1v) is 44.8. The summed E-state index contributed by atoms with van der Waals surface area (Å²) >= 11 is 7.79. The van der Waals surface area contributed by atoms with Crippen molar-refractivity contribution in [3.05, 3.63) is 177 Å². The van der Waals surface area contributed by atoms with Crippen LogP contribution in [-0.4, -0.2) is 194 Å². The number of aryl methyl sites for hydroxylation is 3. The summed E-state index contributed by atoms with van der Waals surface area (Å²) in [5, 5.41) is 14.5. The number of Topliss-reactive ketones (excluding diaryl/α,β-unsaturated/α-hetero) is 2. The minimum atomic E-state index is -0.760. The summed E-state index contributed by atoms with van der Waals surface area (Å²) in [6.45, 7) is 66.0. The van der Waals surface area contributed by atoms with Crippen molar-refractivity contribution >= 4 is 103 Å². The highest BCUT2D eigenvalue weighted by atomic mass is 127. The van der Waals surface area contributed by atoms with Crippen molar-refractivity contribution in [2.75, 3.05) is 115 Å². The topological polar surface area (TPSA) is 227 Å². The third-order valence-corrected chi connectivity index (χ3v) is 25.0. The Hall–Kier alpha value is -7.85. The molecule has 6 aliphatic heterocycles. The number of nitrogens with one attached hydrogen (secondary N) is 2. The lowest BCUT2D eigenvalue weighted by Crippen LogP contribution is -2.49. The first kappa shape index (κ1) is 97.6. The Morgan fingerprint density at radius 2 is 0.925 bits per heavy atom. The Bertz CT molecular complexity index is 4520. The average Bonchev–Trinajstić information content (AvgIpc) is 1.58. The fourth-order valence-corrected chi connectivity index (χ4v) is 17.6. The van der Waals surface area contributed by atoms with Crippen molar-refractivity contribution in [3.8, 4) is 0 Å². The summed E-state index contributed by atoms with van der Waals surface area (Å²) in [5.74, 6) is -1.51. The fourth-order valence-electron chi connectivity index (χ4n) is 16.5. The molecule has 7 heterocycles. The van der Waals surface area contributed by atoms with E-state index in [1.165, 1.54) is 111 Å². The lowest BCUT2D eigenvalue weighted by molar-refractivity contribution is -0.384. The van der Waals surface area contributed by atoms with E-state index < -0.39 is 49.9 Å². The zero-order valence-corrected chi connectivity index (χ0v) is 77.8. The minimum Gasteiger partial charge on any atom is -0.460 e.